The predicted molar refractivity (Wildman–Crippen MR) is 62.4 cm³/mol. The summed E-state index contributed by atoms with van der Waals surface area (Å²) < 4.78 is 0. The number of hydrogen-bond donors (Lipinski definition) is 0. The lowest BCUT2D eigenvalue weighted by atomic mass is 9.77. The van der Waals surface area contributed by atoms with Gasteiger partial charge in [0.15, 0.2) is 0 Å². The monoisotopic (exact) mass is 198 g/mol. The van der Waals surface area contributed by atoms with E-state index in [1.165, 1.54) is 25.7 Å². The maximum absolute atomic E-state index is 11.4. The summed E-state index contributed by atoms with van der Waals surface area (Å²) in [6.45, 7) is 10.3. The first-order valence-electron chi connectivity index (χ1n) is 5.95. The van der Waals surface area contributed by atoms with E-state index in [-0.39, 0.29) is 5.41 Å². The molecule has 0 amide bonds. The first-order chi connectivity index (χ1) is 6.44. The Morgan fingerprint density at radius 1 is 1.29 bits per heavy atom. The van der Waals surface area contributed by atoms with E-state index in [4.69, 9.17) is 0 Å². The molecule has 0 aliphatic heterocycles. The zero-order valence-corrected chi connectivity index (χ0v) is 10.5. The third-order valence-corrected chi connectivity index (χ3v) is 3.30. The van der Waals surface area contributed by atoms with Gasteiger partial charge in [0, 0.05) is 5.41 Å². The fourth-order valence-corrected chi connectivity index (χ4v) is 1.81. The molecule has 0 spiro atoms. The normalized spacial score (nSPS) is 14.1. The highest BCUT2D eigenvalue weighted by atomic mass is 16.1. The minimum Gasteiger partial charge on any atom is -0.299 e. The van der Waals surface area contributed by atoms with Crippen molar-refractivity contribution in [3.8, 4) is 0 Å². The average molecular weight is 198 g/mol. The zero-order chi connectivity index (χ0) is 11.2. The maximum atomic E-state index is 11.4. The Kier molecular flexibility index (Phi) is 6.06. The van der Waals surface area contributed by atoms with Crippen LogP contribution in [0.5, 0.6) is 0 Å². The van der Waals surface area contributed by atoms with Crippen LogP contribution in [0.2, 0.25) is 0 Å². The maximum Gasteiger partial charge on any atom is 0.135 e. The summed E-state index contributed by atoms with van der Waals surface area (Å²) in [5, 5.41) is 0. The van der Waals surface area contributed by atoms with Crippen molar-refractivity contribution in [3.05, 3.63) is 0 Å². The molecule has 0 saturated carbocycles. The van der Waals surface area contributed by atoms with E-state index < -0.39 is 0 Å². The molecule has 1 heteroatoms. The summed E-state index contributed by atoms with van der Waals surface area (Å²) in [6.07, 6.45) is 6.10. The van der Waals surface area contributed by atoms with Gasteiger partial charge >= 0.3 is 0 Å². The van der Waals surface area contributed by atoms with E-state index in [0.29, 0.717) is 5.78 Å². The first kappa shape index (κ1) is 13.7. The molecule has 1 nitrogen and oxygen atoms in total. The standard InChI is InChI=1S/C13H26O/c1-6-8-9-12(7-2)10-13(4,5)11(3)14/h12H,6-10H2,1-5H3. The minimum atomic E-state index is -0.117. The molecule has 0 N–H and O–H groups in total. The van der Waals surface area contributed by atoms with Gasteiger partial charge in [-0.1, -0.05) is 53.4 Å². The average Bonchev–Trinajstić information content (AvgIpc) is 2.11. The summed E-state index contributed by atoms with van der Waals surface area (Å²) in [6, 6.07) is 0. The van der Waals surface area contributed by atoms with Crippen molar-refractivity contribution in [2.45, 2.75) is 66.7 Å². The molecule has 84 valence electrons. The van der Waals surface area contributed by atoms with Crippen molar-refractivity contribution < 1.29 is 4.79 Å². The van der Waals surface area contributed by atoms with Crippen molar-refractivity contribution >= 4 is 5.78 Å². The topological polar surface area (TPSA) is 17.1 Å². The zero-order valence-electron chi connectivity index (χ0n) is 10.5. The Morgan fingerprint density at radius 2 is 1.86 bits per heavy atom. The summed E-state index contributed by atoms with van der Waals surface area (Å²) in [4.78, 5) is 11.4. The van der Waals surface area contributed by atoms with Crippen LogP contribution < -0.4 is 0 Å². The Hall–Kier alpha value is -0.330. The molecule has 0 aromatic heterocycles. The second-order valence-corrected chi connectivity index (χ2v) is 5.06. The Labute approximate surface area is 89.3 Å². The summed E-state index contributed by atoms with van der Waals surface area (Å²) in [5.74, 6) is 1.06. The second-order valence-electron chi connectivity index (χ2n) is 5.06. The smallest absolute Gasteiger partial charge is 0.135 e. The molecule has 0 saturated heterocycles. The third-order valence-electron chi connectivity index (χ3n) is 3.30. The molecule has 0 bridgehead atoms. The fourth-order valence-electron chi connectivity index (χ4n) is 1.81. The number of carbonyl (C=O) groups excluding carboxylic acids is 1. The second kappa shape index (κ2) is 6.21. The van der Waals surface area contributed by atoms with Crippen LogP contribution in [0.3, 0.4) is 0 Å². The fraction of sp³-hybridized carbons (Fsp3) is 0.923. The minimum absolute atomic E-state index is 0.117. The van der Waals surface area contributed by atoms with Gasteiger partial charge in [-0.3, -0.25) is 4.79 Å². The molecule has 1 atom stereocenters. The number of rotatable bonds is 7. The van der Waals surface area contributed by atoms with Gasteiger partial charge in [0.2, 0.25) is 0 Å². The highest BCUT2D eigenvalue weighted by Crippen LogP contribution is 2.30. The quantitative estimate of drug-likeness (QED) is 0.599. The van der Waals surface area contributed by atoms with Crippen LogP contribution in [0.4, 0.5) is 0 Å². The van der Waals surface area contributed by atoms with Gasteiger partial charge in [-0.2, -0.15) is 0 Å². The van der Waals surface area contributed by atoms with Crippen molar-refractivity contribution in [3.63, 3.8) is 0 Å². The molecule has 0 aromatic carbocycles. The van der Waals surface area contributed by atoms with E-state index in [1.807, 2.05) is 0 Å². The Morgan fingerprint density at radius 3 is 2.21 bits per heavy atom. The van der Waals surface area contributed by atoms with Crippen LogP contribution in [-0.4, -0.2) is 5.78 Å². The highest BCUT2D eigenvalue weighted by molar-refractivity contribution is 5.81. The first-order valence-corrected chi connectivity index (χ1v) is 5.95. The van der Waals surface area contributed by atoms with Gasteiger partial charge < -0.3 is 0 Å². The van der Waals surface area contributed by atoms with Crippen molar-refractivity contribution in [2.75, 3.05) is 0 Å². The number of carbonyl (C=O) groups is 1. The SMILES string of the molecule is CCCCC(CC)CC(C)(C)C(C)=O. The van der Waals surface area contributed by atoms with Crippen LogP contribution in [-0.2, 0) is 4.79 Å². The summed E-state index contributed by atoms with van der Waals surface area (Å²) >= 11 is 0. The molecule has 14 heavy (non-hydrogen) atoms. The van der Waals surface area contributed by atoms with Crippen molar-refractivity contribution in [2.24, 2.45) is 11.3 Å². The largest absolute Gasteiger partial charge is 0.299 e. The van der Waals surface area contributed by atoms with E-state index >= 15 is 0 Å². The van der Waals surface area contributed by atoms with E-state index in [1.54, 1.807) is 6.92 Å². The summed E-state index contributed by atoms with van der Waals surface area (Å²) in [5.41, 5.74) is -0.117. The Balaban J connectivity index is 4.09. The van der Waals surface area contributed by atoms with E-state index in [9.17, 15) is 4.79 Å². The van der Waals surface area contributed by atoms with Gasteiger partial charge in [-0.05, 0) is 19.3 Å². The van der Waals surface area contributed by atoms with Gasteiger partial charge in [0.25, 0.3) is 0 Å². The number of hydrogen-bond acceptors (Lipinski definition) is 1. The molecule has 0 heterocycles. The van der Waals surface area contributed by atoms with E-state index in [2.05, 4.69) is 27.7 Å². The van der Waals surface area contributed by atoms with Gasteiger partial charge in [-0.15, -0.1) is 0 Å². The van der Waals surface area contributed by atoms with Crippen molar-refractivity contribution in [1.82, 2.24) is 0 Å². The molecular weight excluding hydrogens is 172 g/mol. The van der Waals surface area contributed by atoms with Gasteiger partial charge in [0.05, 0.1) is 0 Å². The number of Topliss-reactive ketones (excluding diaryl/α,β-unsaturated/α-hetero) is 1. The van der Waals surface area contributed by atoms with Crippen LogP contribution >= 0.6 is 0 Å². The Bertz CT molecular complexity index is 170. The third kappa shape index (κ3) is 4.78. The van der Waals surface area contributed by atoms with Crippen molar-refractivity contribution in [1.29, 1.82) is 0 Å². The lowest BCUT2D eigenvalue weighted by Crippen LogP contribution is -2.24. The van der Waals surface area contributed by atoms with Crippen LogP contribution in [0.25, 0.3) is 0 Å². The highest BCUT2D eigenvalue weighted by Gasteiger charge is 2.26. The lowest BCUT2D eigenvalue weighted by molar-refractivity contribution is -0.125. The van der Waals surface area contributed by atoms with Crippen LogP contribution in [0, 0.1) is 11.3 Å². The van der Waals surface area contributed by atoms with Gasteiger partial charge in [-0.25, -0.2) is 0 Å². The molecule has 0 fully saturated rings. The van der Waals surface area contributed by atoms with Crippen LogP contribution in [0.1, 0.15) is 66.7 Å². The lowest BCUT2D eigenvalue weighted by Gasteiger charge is -2.26. The molecule has 0 rings (SSSR count). The van der Waals surface area contributed by atoms with Crippen LogP contribution in [0.15, 0.2) is 0 Å². The molecule has 0 aliphatic rings. The molecular formula is C13H26O. The number of ketones is 1. The molecule has 0 radical (unpaired) electrons. The summed E-state index contributed by atoms with van der Waals surface area (Å²) in [7, 11) is 0. The van der Waals surface area contributed by atoms with E-state index in [0.717, 1.165) is 12.3 Å². The predicted octanol–water partition coefficient (Wildman–Crippen LogP) is 4.21. The molecule has 0 aromatic rings. The van der Waals surface area contributed by atoms with Gasteiger partial charge in [0.1, 0.15) is 5.78 Å². The molecule has 0 aliphatic carbocycles. The molecule has 1 unspecified atom stereocenters. The number of unbranched alkanes of at least 4 members (excludes halogenated alkanes) is 1.